The molecule has 0 rings (SSSR count). The van der Waals surface area contributed by atoms with Crippen LogP contribution in [0.25, 0.3) is 0 Å². The van der Waals surface area contributed by atoms with E-state index in [9.17, 15) is 4.39 Å². The molecule has 0 N–H and O–H groups in total. The molecular weight excluding hydrogens is 91.1 g/mol. The number of halogens is 1. The molecule has 0 bridgehead atoms. The van der Waals surface area contributed by atoms with Gasteiger partial charge in [0.15, 0.2) is 0 Å². The fourth-order valence-corrected chi connectivity index (χ4v) is 0.260. The Kier molecular flexibility index (Phi) is 3.67. The van der Waals surface area contributed by atoms with E-state index in [-0.39, 0.29) is 0 Å². The van der Waals surface area contributed by atoms with Crippen molar-refractivity contribution < 1.29 is 4.39 Å². The van der Waals surface area contributed by atoms with Crippen LogP contribution < -0.4 is 0 Å². The highest BCUT2D eigenvalue weighted by Gasteiger charge is 1.87. The summed E-state index contributed by atoms with van der Waals surface area (Å²) >= 11 is 0. The van der Waals surface area contributed by atoms with Crippen molar-refractivity contribution in [1.82, 2.24) is 0 Å². The maximum absolute atomic E-state index is 11.2. The van der Waals surface area contributed by atoms with Gasteiger partial charge in [0.25, 0.3) is 0 Å². The molecule has 42 valence electrons. The Morgan fingerprint density at radius 3 is 2.43 bits per heavy atom. The van der Waals surface area contributed by atoms with Crippen molar-refractivity contribution in [3.8, 4) is 0 Å². The minimum atomic E-state index is 0.394. The fourth-order valence-electron chi connectivity index (χ4n) is 0.260. The van der Waals surface area contributed by atoms with Crippen LogP contribution in [0.15, 0.2) is 12.4 Å². The molecule has 1 atom stereocenters. The van der Waals surface area contributed by atoms with Gasteiger partial charge in [0, 0.05) is 0 Å². The van der Waals surface area contributed by atoms with Crippen LogP contribution in [0.2, 0.25) is 0 Å². The van der Waals surface area contributed by atoms with E-state index in [1.165, 1.54) is 0 Å². The maximum atomic E-state index is 11.2. The Morgan fingerprint density at radius 1 is 1.71 bits per heavy atom. The number of hydrogen-bond donors (Lipinski definition) is 0. The molecule has 0 radical (unpaired) electrons. The number of hydrogen-bond acceptors (Lipinski definition) is 0. The topological polar surface area (TPSA) is 0 Å². The van der Waals surface area contributed by atoms with Gasteiger partial charge < -0.3 is 0 Å². The predicted octanol–water partition coefficient (Wildman–Crippen LogP) is 2.52. The molecule has 0 aliphatic rings. The van der Waals surface area contributed by atoms with Crippen molar-refractivity contribution in [2.45, 2.75) is 20.3 Å². The van der Waals surface area contributed by atoms with Crippen LogP contribution in [0, 0.1) is 5.92 Å². The first-order valence-corrected chi connectivity index (χ1v) is 2.58. The molecule has 7 heavy (non-hydrogen) atoms. The summed E-state index contributed by atoms with van der Waals surface area (Å²) in [7, 11) is 0. The Hall–Kier alpha value is -0.330. The summed E-state index contributed by atoms with van der Waals surface area (Å²) < 4.78 is 11.2. The second-order valence-electron chi connectivity index (χ2n) is 1.70. The van der Waals surface area contributed by atoms with E-state index in [0.29, 0.717) is 12.2 Å². The summed E-state index contributed by atoms with van der Waals surface area (Å²) in [6, 6.07) is 0. The molecule has 0 aliphatic heterocycles. The first kappa shape index (κ1) is 6.67. The van der Waals surface area contributed by atoms with Crippen molar-refractivity contribution in [1.29, 1.82) is 0 Å². The first-order chi connectivity index (χ1) is 3.31. The van der Waals surface area contributed by atoms with Crippen LogP contribution in [0.1, 0.15) is 20.3 Å². The molecular formula is C6H11F. The lowest BCUT2D eigenvalue weighted by molar-refractivity contribution is 0.654. The van der Waals surface area contributed by atoms with E-state index < -0.39 is 0 Å². The molecule has 0 saturated carbocycles. The molecule has 0 spiro atoms. The summed E-state index contributed by atoms with van der Waals surface area (Å²) in [5.74, 6) is 0.394. The zero-order chi connectivity index (χ0) is 5.70. The molecule has 0 aromatic rings. The van der Waals surface area contributed by atoms with Gasteiger partial charge >= 0.3 is 0 Å². The summed E-state index contributed by atoms with van der Waals surface area (Å²) in [6.07, 6.45) is 3.18. The van der Waals surface area contributed by atoms with Crippen LogP contribution >= 0.6 is 0 Å². The van der Waals surface area contributed by atoms with Crippen molar-refractivity contribution in [2.75, 3.05) is 0 Å². The molecule has 0 heterocycles. The van der Waals surface area contributed by atoms with E-state index in [2.05, 4.69) is 0 Å². The van der Waals surface area contributed by atoms with Gasteiger partial charge in [-0.05, 0) is 12.3 Å². The zero-order valence-electron chi connectivity index (χ0n) is 4.82. The predicted molar refractivity (Wildman–Crippen MR) is 29.7 cm³/mol. The monoisotopic (exact) mass is 102 g/mol. The minimum absolute atomic E-state index is 0.394. The van der Waals surface area contributed by atoms with Crippen LogP contribution in [0.3, 0.4) is 0 Å². The van der Waals surface area contributed by atoms with Gasteiger partial charge in [0.1, 0.15) is 0 Å². The Balaban J connectivity index is 3.16. The van der Waals surface area contributed by atoms with Gasteiger partial charge in [-0.15, -0.1) is 0 Å². The molecule has 0 amide bonds. The average Bonchev–Trinajstić information content (AvgIpc) is 1.68. The second-order valence-corrected chi connectivity index (χ2v) is 1.70. The van der Waals surface area contributed by atoms with E-state index in [1.807, 2.05) is 13.8 Å². The Bertz CT molecular complexity index is 57.2. The van der Waals surface area contributed by atoms with Gasteiger partial charge in [-0.25, -0.2) is 4.39 Å². The third kappa shape index (κ3) is 3.50. The number of allylic oxidation sites excluding steroid dienone is 1. The molecule has 1 unspecified atom stereocenters. The summed E-state index contributed by atoms with van der Waals surface area (Å²) in [5, 5.41) is 0. The SMILES string of the molecule is CCC(C)C=CF. The van der Waals surface area contributed by atoms with E-state index in [4.69, 9.17) is 0 Å². The fraction of sp³-hybridized carbons (Fsp3) is 0.667. The molecule has 0 nitrogen and oxygen atoms in total. The molecule has 0 saturated heterocycles. The van der Waals surface area contributed by atoms with Crippen LogP contribution in [-0.4, -0.2) is 0 Å². The highest BCUT2D eigenvalue weighted by Crippen LogP contribution is 2.00. The summed E-state index contributed by atoms with van der Waals surface area (Å²) in [5.41, 5.74) is 0. The zero-order valence-corrected chi connectivity index (χ0v) is 4.82. The third-order valence-corrected chi connectivity index (χ3v) is 1.05. The normalized spacial score (nSPS) is 15.3. The van der Waals surface area contributed by atoms with E-state index in [1.54, 1.807) is 6.08 Å². The molecule has 0 aromatic carbocycles. The molecule has 0 aromatic heterocycles. The van der Waals surface area contributed by atoms with E-state index in [0.717, 1.165) is 6.42 Å². The van der Waals surface area contributed by atoms with Gasteiger partial charge in [0.05, 0.1) is 6.33 Å². The first-order valence-electron chi connectivity index (χ1n) is 2.58. The third-order valence-electron chi connectivity index (χ3n) is 1.05. The minimum Gasteiger partial charge on any atom is -0.216 e. The lowest BCUT2D eigenvalue weighted by atomic mass is 10.1. The molecule has 1 heteroatoms. The van der Waals surface area contributed by atoms with Crippen molar-refractivity contribution >= 4 is 0 Å². The quantitative estimate of drug-likeness (QED) is 0.502. The smallest absolute Gasteiger partial charge is 0.0829 e. The van der Waals surface area contributed by atoms with Gasteiger partial charge in [-0.1, -0.05) is 19.9 Å². The van der Waals surface area contributed by atoms with Gasteiger partial charge in [-0.3, -0.25) is 0 Å². The average molecular weight is 102 g/mol. The van der Waals surface area contributed by atoms with Crippen LogP contribution in [0.5, 0.6) is 0 Å². The van der Waals surface area contributed by atoms with E-state index >= 15 is 0 Å². The number of rotatable bonds is 2. The molecule has 0 fully saturated rings. The van der Waals surface area contributed by atoms with Gasteiger partial charge in [0.2, 0.25) is 0 Å². The highest BCUT2D eigenvalue weighted by atomic mass is 19.1. The van der Waals surface area contributed by atoms with Crippen LogP contribution in [0.4, 0.5) is 4.39 Å². The largest absolute Gasteiger partial charge is 0.216 e. The standard InChI is InChI=1S/C6H11F/c1-3-6(2)4-5-7/h4-6H,3H2,1-2H3. The van der Waals surface area contributed by atoms with Gasteiger partial charge in [-0.2, -0.15) is 0 Å². The summed E-state index contributed by atoms with van der Waals surface area (Å²) in [6.45, 7) is 4.01. The maximum Gasteiger partial charge on any atom is 0.0829 e. The van der Waals surface area contributed by atoms with Crippen molar-refractivity contribution in [3.63, 3.8) is 0 Å². The van der Waals surface area contributed by atoms with Crippen molar-refractivity contribution in [2.24, 2.45) is 5.92 Å². The molecule has 0 aliphatic carbocycles. The lowest BCUT2D eigenvalue weighted by Gasteiger charge is -1.94. The lowest BCUT2D eigenvalue weighted by Crippen LogP contribution is -1.81. The summed E-state index contributed by atoms with van der Waals surface area (Å²) in [4.78, 5) is 0. The Morgan fingerprint density at radius 2 is 2.29 bits per heavy atom. The Labute approximate surface area is 44.0 Å². The van der Waals surface area contributed by atoms with Crippen LogP contribution in [-0.2, 0) is 0 Å². The second kappa shape index (κ2) is 3.85. The van der Waals surface area contributed by atoms with Crippen molar-refractivity contribution in [3.05, 3.63) is 12.4 Å². The highest BCUT2D eigenvalue weighted by molar-refractivity contribution is 4.77.